The molecular weight excluding hydrogens is 346 g/mol. The van der Waals surface area contributed by atoms with Gasteiger partial charge >= 0.3 is 5.97 Å². The zero-order valence-electron chi connectivity index (χ0n) is 10.8. The van der Waals surface area contributed by atoms with Crippen LogP contribution < -0.4 is 0 Å². The van der Waals surface area contributed by atoms with Crippen LogP contribution in [0.4, 0.5) is 0 Å². The van der Waals surface area contributed by atoms with Crippen molar-refractivity contribution in [3.63, 3.8) is 0 Å². The van der Waals surface area contributed by atoms with Gasteiger partial charge in [-0.25, -0.2) is 8.42 Å². The summed E-state index contributed by atoms with van der Waals surface area (Å²) in [4.78, 5) is 11.1. The van der Waals surface area contributed by atoms with E-state index in [9.17, 15) is 13.2 Å². The van der Waals surface area contributed by atoms with Gasteiger partial charge in [-0.2, -0.15) is 4.31 Å². The normalized spacial score (nSPS) is 20.8. The molecule has 1 aromatic rings. The van der Waals surface area contributed by atoms with Crippen LogP contribution in [0, 0.1) is 0 Å². The molecule has 110 valence electrons. The van der Waals surface area contributed by atoms with Gasteiger partial charge in [0.2, 0.25) is 10.0 Å². The first-order valence-electron chi connectivity index (χ1n) is 6.41. The molecule has 0 bridgehead atoms. The van der Waals surface area contributed by atoms with Crippen LogP contribution in [-0.2, 0) is 14.8 Å². The molecule has 7 heteroatoms. The van der Waals surface area contributed by atoms with Gasteiger partial charge in [0.25, 0.3) is 0 Å². The van der Waals surface area contributed by atoms with E-state index in [1.165, 1.54) is 10.4 Å². The number of nitrogens with zero attached hydrogens (tertiary/aromatic N) is 1. The molecule has 0 aromatic heterocycles. The number of hydrogen-bond acceptors (Lipinski definition) is 3. The van der Waals surface area contributed by atoms with Crippen molar-refractivity contribution in [2.45, 2.75) is 36.6 Å². The summed E-state index contributed by atoms with van der Waals surface area (Å²) in [7, 11) is -3.66. The summed E-state index contributed by atoms with van der Waals surface area (Å²) < 4.78 is 27.2. The van der Waals surface area contributed by atoms with E-state index >= 15 is 0 Å². The lowest BCUT2D eigenvalue weighted by molar-refractivity contribution is -0.138. The summed E-state index contributed by atoms with van der Waals surface area (Å²) >= 11 is 3.25. The first kappa shape index (κ1) is 15.5. The number of hydrogen-bond donors (Lipinski definition) is 1. The van der Waals surface area contributed by atoms with E-state index < -0.39 is 22.0 Å². The second-order valence-electron chi connectivity index (χ2n) is 4.79. The number of benzene rings is 1. The Morgan fingerprint density at radius 2 is 2.05 bits per heavy atom. The van der Waals surface area contributed by atoms with Gasteiger partial charge < -0.3 is 5.11 Å². The second kappa shape index (κ2) is 6.24. The number of carbonyl (C=O) groups is 1. The summed E-state index contributed by atoms with van der Waals surface area (Å²) in [6.07, 6.45) is 2.07. The highest BCUT2D eigenvalue weighted by Crippen LogP contribution is 2.30. The predicted octanol–water partition coefficient (Wildman–Crippen LogP) is 2.47. The summed E-state index contributed by atoms with van der Waals surface area (Å²) in [6, 6.07) is 6.15. The molecule has 0 amide bonds. The summed E-state index contributed by atoms with van der Waals surface area (Å²) in [5, 5.41) is 8.94. The van der Waals surface area contributed by atoms with Crippen LogP contribution in [0.15, 0.2) is 33.6 Å². The Morgan fingerprint density at radius 3 is 2.70 bits per heavy atom. The summed E-state index contributed by atoms with van der Waals surface area (Å²) in [6.45, 7) is 0.377. The molecule has 1 aliphatic heterocycles. The third-order valence-electron chi connectivity index (χ3n) is 3.41. The number of carboxylic acid groups (broad SMARTS) is 1. The van der Waals surface area contributed by atoms with Crippen molar-refractivity contribution >= 4 is 31.9 Å². The number of piperidine rings is 1. The van der Waals surface area contributed by atoms with E-state index in [0.717, 1.165) is 12.8 Å². The second-order valence-corrected chi connectivity index (χ2v) is 7.51. The Labute approximate surface area is 126 Å². The topological polar surface area (TPSA) is 74.7 Å². The van der Waals surface area contributed by atoms with Gasteiger partial charge in [0.1, 0.15) is 0 Å². The number of carboxylic acids is 1. The number of rotatable bonds is 4. The highest BCUT2D eigenvalue weighted by Gasteiger charge is 2.35. The van der Waals surface area contributed by atoms with E-state index in [-0.39, 0.29) is 11.3 Å². The maximum Gasteiger partial charge on any atom is 0.304 e. The molecule has 1 saturated heterocycles. The van der Waals surface area contributed by atoms with Gasteiger partial charge in [-0.1, -0.05) is 18.6 Å². The van der Waals surface area contributed by atoms with E-state index in [2.05, 4.69) is 15.9 Å². The first-order chi connectivity index (χ1) is 9.43. The molecule has 1 heterocycles. The monoisotopic (exact) mass is 361 g/mol. The van der Waals surface area contributed by atoms with Crippen molar-refractivity contribution in [1.29, 1.82) is 0 Å². The van der Waals surface area contributed by atoms with Crippen LogP contribution in [0.1, 0.15) is 25.7 Å². The van der Waals surface area contributed by atoms with Crippen molar-refractivity contribution in [3.8, 4) is 0 Å². The van der Waals surface area contributed by atoms with Crippen molar-refractivity contribution in [2.75, 3.05) is 6.54 Å². The summed E-state index contributed by atoms with van der Waals surface area (Å²) in [5.41, 5.74) is 0. The lowest BCUT2D eigenvalue weighted by Gasteiger charge is -2.34. The van der Waals surface area contributed by atoms with Crippen LogP contribution in [-0.4, -0.2) is 36.4 Å². The third kappa shape index (κ3) is 3.21. The van der Waals surface area contributed by atoms with Crippen LogP contribution in [0.5, 0.6) is 0 Å². The molecule has 0 aliphatic carbocycles. The van der Waals surface area contributed by atoms with Crippen LogP contribution in [0.3, 0.4) is 0 Å². The van der Waals surface area contributed by atoms with Crippen LogP contribution in [0.25, 0.3) is 0 Å². The highest BCUT2D eigenvalue weighted by atomic mass is 79.9. The van der Waals surface area contributed by atoms with Gasteiger partial charge in [-0.15, -0.1) is 0 Å². The average molecular weight is 362 g/mol. The fourth-order valence-corrected chi connectivity index (χ4v) is 5.13. The minimum atomic E-state index is -3.66. The molecule has 1 atom stereocenters. The molecule has 2 rings (SSSR count). The molecule has 1 N–H and O–H groups in total. The largest absolute Gasteiger partial charge is 0.481 e. The van der Waals surface area contributed by atoms with E-state index in [1.54, 1.807) is 18.2 Å². The lowest BCUT2D eigenvalue weighted by Crippen LogP contribution is -2.44. The smallest absolute Gasteiger partial charge is 0.304 e. The molecular formula is C13H16BrNO4S. The Hall–Kier alpha value is -0.920. The maximum atomic E-state index is 12.7. The minimum Gasteiger partial charge on any atom is -0.481 e. The molecule has 0 spiro atoms. The summed E-state index contributed by atoms with van der Waals surface area (Å²) in [5.74, 6) is -0.968. The number of sulfonamides is 1. The molecule has 20 heavy (non-hydrogen) atoms. The Kier molecular flexibility index (Phi) is 4.82. The standard InChI is InChI=1S/C13H16BrNO4S/c14-11-6-1-2-7-12(11)20(18,19)15-8-4-3-5-10(15)9-13(16)17/h1-2,6-7,10H,3-5,8-9H2,(H,16,17). The van der Waals surface area contributed by atoms with Crippen LogP contribution >= 0.6 is 15.9 Å². The molecule has 0 saturated carbocycles. The van der Waals surface area contributed by atoms with E-state index in [1.807, 2.05) is 0 Å². The van der Waals surface area contributed by atoms with Crippen molar-refractivity contribution in [2.24, 2.45) is 0 Å². The lowest BCUT2D eigenvalue weighted by atomic mass is 10.0. The highest BCUT2D eigenvalue weighted by molar-refractivity contribution is 9.10. The van der Waals surface area contributed by atoms with E-state index in [0.29, 0.717) is 17.4 Å². The minimum absolute atomic E-state index is 0.149. The molecule has 1 fully saturated rings. The van der Waals surface area contributed by atoms with Gasteiger partial charge in [0.15, 0.2) is 0 Å². The third-order valence-corrected chi connectivity index (χ3v) is 6.37. The number of aliphatic carboxylic acids is 1. The van der Waals surface area contributed by atoms with Gasteiger partial charge in [0, 0.05) is 17.1 Å². The fraction of sp³-hybridized carbons (Fsp3) is 0.462. The molecule has 5 nitrogen and oxygen atoms in total. The van der Waals surface area contributed by atoms with Gasteiger partial charge in [0.05, 0.1) is 11.3 Å². The molecule has 1 unspecified atom stereocenters. The Balaban J connectivity index is 2.36. The van der Waals surface area contributed by atoms with Crippen molar-refractivity contribution < 1.29 is 18.3 Å². The Bertz CT molecular complexity index is 602. The fourth-order valence-electron chi connectivity index (χ4n) is 2.48. The predicted molar refractivity (Wildman–Crippen MR) is 77.9 cm³/mol. The van der Waals surface area contributed by atoms with Gasteiger partial charge in [-0.3, -0.25) is 4.79 Å². The Morgan fingerprint density at radius 1 is 1.35 bits per heavy atom. The van der Waals surface area contributed by atoms with Crippen LogP contribution in [0.2, 0.25) is 0 Å². The molecule has 0 radical (unpaired) electrons. The van der Waals surface area contributed by atoms with Gasteiger partial charge in [-0.05, 0) is 40.9 Å². The quantitative estimate of drug-likeness (QED) is 0.893. The van der Waals surface area contributed by atoms with Crippen molar-refractivity contribution in [1.82, 2.24) is 4.31 Å². The maximum absolute atomic E-state index is 12.7. The molecule has 1 aliphatic rings. The zero-order chi connectivity index (χ0) is 14.8. The van der Waals surface area contributed by atoms with E-state index in [4.69, 9.17) is 5.11 Å². The molecule has 1 aromatic carbocycles. The average Bonchev–Trinajstić information content (AvgIpc) is 2.38. The SMILES string of the molecule is O=C(O)CC1CCCCN1S(=O)(=O)c1ccccc1Br. The van der Waals surface area contributed by atoms with Crippen molar-refractivity contribution in [3.05, 3.63) is 28.7 Å². The first-order valence-corrected chi connectivity index (χ1v) is 8.64. The zero-order valence-corrected chi connectivity index (χ0v) is 13.2. The number of halogens is 1.